The van der Waals surface area contributed by atoms with E-state index in [1.807, 2.05) is 60.5 Å². The fourth-order valence-electron chi connectivity index (χ4n) is 3.79. The van der Waals surface area contributed by atoms with Gasteiger partial charge in [0, 0.05) is 49.2 Å². The van der Waals surface area contributed by atoms with Gasteiger partial charge in [-0.25, -0.2) is 9.97 Å². The Morgan fingerprint density at radius 3 is 2.93 bits per heavy atom. The molecule has 0 aromatic carbocycles. The molecule has 8 heteroatoms. The smallest absolute Gasteiger partial charge is 0.140 e. The van der Waals surface area contributed by atoms with Crippen LogP contribution < -0.4 is 15.4 Å². The van der Waals surface area contributed by atoms with E-state index in [9.17, 15) is 0 Å². The number of hydrogen-bond donors (Lipinski definition) is 2. The SMILES string of the molecule is COc1cc2ncc(-c3cccc(N[C@@H]4CCNC4)n3)n2cc1-c1cnn(C)c1. The number of pyridine rings is 2. The Labute approximate surface area is 168 Å². The van der Waals surface area contributed by atoms with Gasteiger partial charge >= 0.3 is 0 Å². The van der Waals surface area contributed by atoms with Gasteiger partial charge in [0.2, 0.25) is 0 Å². The Morgan fingerprint density at radius 1 is 1.24 bits per heavy atom. The monoisotopic (exact) mass is 389 g/mol. The third-order valence-electron chi connectivity index (χ3n) is 5.27. The molecule has 0 bridgehead atoms. The number of imidazole rings is 1. The first-order valence-electron chi connectivity index (χ1n) is 9.70. The van der Waals surface area contributed by atoms with Crippen molar-refractivity contribution in [3.05, 3.63) is 49.1 Å². The third kappa shape index (κ3) is 3.31. The van der Waals surface area contributed by atoms with Crippen molar-refractivity contribution in [2.24, 2.45) is 7.05 Å². The van der Waals surface area contributed by atoms with E-state index in [0.29, 0.717) is 6.04 Å². The van der Waals surface area contributed by atoms with Crippen LogP contribution in [0.1, 0.15) is 6.42 Å². The minimum atomic E-state index is 0.418. The summed E-state index contributed by atoms with van der Waals surface area (Å²) in [6, 6.07) is 8.40. The maximum atomic E-state index is 5.60. The summed E-state index contributed by atoms with van der Waals surface area (Å²) in [5, 5.41) is 11.2. The quantitative estimate of drug-likeness (QED) is 0.546. The van der Waals surface area contributed by atoms with Crippen molar-refractivity contribution >= 4 is 11.5 Å². The van der Waals surface area contributed by atoms with E-state index in [0.717, 1.165) is 59.2 Å². The number of rotatable bonds is 5. The molecule has 5 heterocycles. The minimum absolute atomic E-state index is 0.418. The molecule has 29 heavy (non-hydrogen) atoms. The molecule has 0 amide bonds. The molecule has 1 atom stereocenters. The number of nitrogens with zero attached hydrogens (tertiary/aromatic N) is 5. The second kappa shape index (κ2) is 7.21. The summed E-state index contributed by atoms with van der Waals surface area (Å²) in [6.07, 6.45) is 8.80. The van der Waals surface area contributed by atoms with Gasteiger partial charge < -0.3 is 15.4 Å². The maximum absolute atomic E-state index is 5.60. The van der Waals surface area contributed by atoms with Crippen molar-refractivity contribution in [2.75, 3.05) is 25.5 Å². The van der Waals surface area contributed by atoms with Crippen LogP contribution in [0, 0.1) is 0 Å². The highest BCUT2D eigenvalue weighted by molar-refractivity contribution is 5.73. The van der Waals surface area contributed by atoms with E-state index < -0.39 is 0 Å². The third-order valence-corrected chi connectivity index (χ3v) is 5.27. The first kappa shape index (κ1) is 17.7. The summed E-state index contributed by atoms with van der Waals surface area (Å²) in [6.45, 7) is 2.01. The average molecular weight is 389 g/mol. The van der Waals surface area contributed by atoms with Gasteiger partial charge in [0.15, 0.2) is 0 Å². The van der Waals surface area contributed by atoms with Gasteiger partial charge in [0.05, 0.1) is 30.9 Å². The van der Waals surface area contributed by atoms with E-state index in [1.165, 1.54) is 0 Å². The molecular weight excluding hydrogens is 366 g/mol. The van der Waals surface area contributed by atoms with Gasteiger partial charge in [-0.3, -0.25) is 9.08 Å². The summed E-state index contributed by atoms with van der Waals surface area (Å²) < 4.78 is 9.43. The number of aromatic nitrogens is 5. The highest BCUT2D eigenvalue weighted by atomic mass is 16.5. The molecule has 0 aliphatic carbocycles. The Balaban J connectivity index is 1.57. The van der Waals surface area contributed by atoms with Crippen molar-refractivity contribution in [1.82, 2.24) is 29.5 Å². The molecule has 2 N–H and O–H groups in total. The Bertz CT molecular complexity index is 1160. The summed E-state index contributed by atoms with van der Waals surface area (Å²) in [4.78, 5) is 9.40. The molecule has 5 rings (SSSR count). The van der Waals surface area contributed by atoms with Crippen molar-refractivity contribution in [3.63, 3.8) is 0 Å². The molecule has 1 aliphatic rings. The first-order chi connectivity index (χ1) is 14.2. The summed E-state index contributed by atoms with van der Waals surface area (Å²) in [7, 11) is 3.57. The largest absolute Gasteiger partial charge is 0.496 e. The van der Waals surface area contributed by atoms with E-state index in [2.05, 4.69) is 20.7 Å². The van der Waals surface area contributed by atoms with Gasteiger partial charge in [0.25, 0.3) is 0 Å². The predicted molar refractivity (Wildman–Crippen MR) is 112 cm³/mol. The number of nitrogens with one attached hydrogen (secondary N) is 2. The molecule has 0 saturated carbocycles. The molecule has 1 fully saturated rings. The number of fused-ring (bicyclic) bond motifs is 1. The number of methoxy groups -OCH3 is 1. The summed E-state index contributed by atoms with van der Waals surface area (Å²) in [5.74, 6) is 1.65. The van der Waals surface area contributed by atoms with Crippen LogP contribution in [0.15, 0.2) is 49.1 Å². The molecular formula is C21H23N7O. The van der Waals surface area contributed by atoms with Crippen LogP contribution in [0.2, 0.25) is 0 Å². The standard InChI is InChI=1S/C21H23N7O/c1-27-12-14(9-24-27)16-13-28-18(11-23-21(28)8-19(16)29-2)17-4-3-5-20(26-17)25-15-6-7-22-10-15/h3-5,8-9,11-13,15,22H,6-7,10H2,1-2H3,(H,25,26)/t15-/m1/s1. The van der Waals surface area contributed by atoms with Gasteiger partial charge in [-0.1, -0.05) is 6.07 Å². The maximum Gasteiger partial charge on any atom is 0.140 e. The van der Waals surface area contributed by atoms with Crippen LogP contribution in [0.25, 0.3) is 28.2 Å². The Kier molecular flexibility index (Phi) is 4.40. The Morgan fingerprint density at radius 2 is 2.17 bits per heavy atom. The van der Waals surface area contributed by atoms with Crippen LogP contribution in [-0.4, -0.2) is 50.4 Å². The molecule has 0 unspecified atom stereocenters. The normalized spacial score (nSPS) is 16.4. The summed E-state index contributed by atoms with van der Waals surface area (Å²) >= 11 is 0. The van der Waals surface area contributed by atoms with Gasteiger partial charge in [0.1, 0.15) is 17.2 Å². The number of ether oxygens (including phenoxy) is 1. The van der Waals surface area contributed by atoms with Crippen molar-refractivity contribution in [1.29, 1.82) is 0 Å². The lowest BCUT2D eigenvalue weighted by Crippen LogP contribution is -2.22. The lowest BCUT2D eigenvalue weighted by Gasteiger charge is -2.13. The molecule has 1 saturated heterocycles. The second-order valence-electron chi connectivity index (χ2n) is 7.27. The number of anilines is 1. The fourth-order valence-corrected chi connectivity index (χ4v) is 3.79. The van der Waals surface area contributed by atoms with Gasteiger partial charge in [-0.05, 0) is 25.1 Å². The van der Waals surface area contributed by atoms with Crippen LogP contribution in [0.3, 0.4) is 0 Å². The van der Waals surface area contributed by atoms with E-state index >= 15 is 0 Å². The molecule has 0 radical (unpaired) electrons. The molecule has 4 aromatic heterocycles. The highest BCUT2D eigenvalue weighted by Gasteiger charge is 2.17. The lowest BCUT2D eigenvalue weighted by atomic mass is 10.1. The van der Waals surface area contributed by atoms with E-state index in [-0.39, 0.29) is 0 Å². The molecule has 0 spiro atoms. The lowest BCUT2D eigenvalue weighted by molar-refractivity contribution is 0.416. The van der Waals surface area contributed by atoms with Crippen LogP contribution >= 0.6 is 0 Å². The van der Waals surface area contributed by atoms with Crippen LogP contribution in [0.5, 0.6) is 5.75 Å². The zero-order chi connectivity index (χ0) is 19.8. The molecule has 4 aromatic rings. The van der Waals surface area contributed by atoms with Crippen LogP contribution in [0.4, 0.5) is 5.82 Å². The first-order valence-corrected chi connectivity index (χ1v) is 9.70. The fraction of sp³-hybridized carbons (Fsp3) is 0.286. The predicted octanol–water partition coefficient (Wildman–Crippen LogP) is 2.58. The van der Waals surface area contributed by atoms with E-state index in [1.54, 1.807) is 11.8 Å². The number of hydrogen-bond acceptors (Lipinski definition) is 6. The molecule has 8 nitrogen and oxygen atoms in total. The zero-order valence-electron chi connectivity index (χ0n) is 16.5. The second-order valence-corrected chi connectivity index (χ2v) is 7.27. The van der Waals surface area contributed by atoms with Crippen molar-refractivity contribution in [2.45, 2.75) is 12.5 Å². The zero-order valence-corrected chi connectivity index (χ0v) is 16.5. The topological polar surface area (TPSA) is 81.3 Å². The van der Waals surface area contributed by atoms with Gasteiger partial charge in [-0.15, -0.1) is 0 Å². The van der Waals surface area contributed by atoms with E-state index in [4.69, 9.17) is 9.72 Å². The number of aryl methyl sites for hydroxylation is 1. The average Bonchev–Trinajstić information content (AvgIpc) is 3.48. The van der Waals surface area contributed by atoms with Crippen molar-refractivity contribution in [3.8, 4) is 28.3 Å². The highest BCUT2D eigenvalue weighted by Crippen LogP contribution is 2.32. The minimum Gasteiger partial charge on any atom is -0.496 e. The molecule has 148 valence electrons. The molecule has 1 aliphatic heterocycles. The van der Waals surface area contributed by atoms with Gasteiger partial charge in [-0.2, -0.15) is 5.10 Å². The Hall–Kier alpha value is -3.39. The van der Waals surface area contributed by atoms with Crippen molar-refractivity contribution < 1.29 is 4.74 Å². The summed E-state index contributed by atoms with van der Waals surface area (Å²) in [5.41, 5.74) is 4.56. The van der Waals surface area contributed by atoms with Crippen LogP contribution in [-0.2, 0) is 7.05 Å².